The van der Waals surface area contributed by atoms with Gasteiger partial charge in [0.05, 0.1) is 6.10 Å². The zero-order chi connectivity index (χ0) is 13.4. The Labute approximate surface area is 115 Å². The van der Waals surface area contributed by atoms with E-state index in [1.165, 1.54) is 25.7 Å². The normalized spacial score (nSPS) is 14.4. The van der Waals surface area contributed by atoms with Crippen LogP contribution in [0.3, 0.4) is 0 Å². The summed E-state index contributed by atoms with van der Waals surface area (Å²) in [6.45, 7) is 4.97. The predicted octanol–water partition coefficient (Wildman–Crippen LogP) is 3.93. The summed E-state index contributed by atoms with van der Waals surface area (Å²) >= 11 is 5.82. The monoisotopic (exact) mass is 269 g/mol. The van der Waals surface area contributed by atoms with Gasteiger partial charge in [0, 0.05) is 17.6 Å². The molecule has 0 aliphatic heterocycles. The second-order valence-electron chi connectivity index (χ2n) is 4.87. The third-order valence-corrected chi connectivity index (χ3v) is 3.41. The van der Waals surface area contributed by atoms with E-state index in [1.807, 2.05) is 24.3 Å². The molecule has 0 heterocycles. The summed E-state index contributed by atoms with van der Waals surface area (Å²) < 4.78 is 0. The zero-order valence-electron chi connectivity index (χ0n) is 11.3. The van der Waals surface area contributed by atoms with Gasteiger partial charge < -0.3 is 10.4 Å². The number of halogens is 1. The first kappa shape index (κ1) is 15.5. The van der Waals surface area contributed by atoms with Crippen LogP contribution in [0.5, 0.6) is 0 Å². The number of hydrogen-bond acceptors (Lipinski definition) is 2. The molecule has 2 N–H and O–H groups in total. The van der Waals surface area contributed by atoms with Crippen LogP contribution in [-0.2, 0) is 0 Å². The second kappa shape index (κ2) is 8.52. The average Bonchev–Trinajstić information content (AvgIpc) is 2.37. The van der Waals surface area contributed by atoms with E-state index in [0.29, 0.717) is 17.6 Å². The molecule has 1 aromatic rings. The van der Waals surface area contributed by atoms with Gasteiger partial charge in [0.15, 0.2) is 0 Å². The van der Waals surface area contributed by atoms with Gasteiger partial charge in [-0.25, -0.2) is 0 Å². The highest BCUT2D eigenvalue weighted by molar-refractivity contribution is 6.30. The summed E-state index contributed by atoms with van der Waals surface area (Å²) in [7, 11) is 0. The molecule has 0 aliphatic carbocycles. The van der Waals surface area contributed by atoms with Crippen LogP contribution in [0.25, 0.3) is 0 Å². The molecule has 0 aromatic heterocycles. The van der Waals surface area contributed by atoms with Gasteiger partial charge in [0.2, 0.25) is 0 Å². The maximum atomic E-state index is 10.0. The number of hydrogen-bond donors (Lipinski definition) is 2. The Morgan fingerprint density at radius 1 is 1.22 bits per heavy atom. The molecular formula is C15H24ClNO. The van der Waals surface area contributed by atoms with E-state index in [-0.39, 0.29) is 0 Å². The highest BCUT2D eigenvalue weighted by Crippen LogP contribution is 2.16. The zero-order valence-corrected chi connectivity index (χ0v) is 12.1. The fourth-order valence-corrected chi connectivity index (χ4v) is 2.04. The lowest BCUT2D eigenvalue weighted by molar-refractivity contribution is 0.170. The highest BCUT2D eigenvalue weighted by Gasteiger charge is 2.09. The van der Waals surface area contributed by atoms with Crippen LogP contribution >= 0.6 is 11.6 Å². The maximum absolute atomic E-state index is 10.0. The van der Waals surface area contributed by atoms with Crippen molar-refractivity contribution in [2.45, 2.75) is 51.7 Å². The fraction of sp³-hybridized carbons (Fsp3) is 0.600. The van der Waals surface area contributed by atoms with Crippen LogP contribution in [0, 0.1) is 0 Å². The van der Waals surface area contributed by atoms with Crippen molar-refractivity contribution in [2.24, 2.45) is 0 Å². The van der Waals surface area contributed by atoms with E-state index in [0.717, 1.165) is 5.56 Å². The molecule has 0 saturated heterocycles. The van der Waals surface area contributed by atoms with Gasteiger partial charge in [-0.15, -0.1) is 0 Å². The number of rotatable bonds is 8. The summed E-state index contributed by atoms with van der Waals surface area (Å²) in [5.41, 5.74) is 0.910. The molecular weight excluding hydrogens is 246 g/mol. The summed E-state index contributed by atoms with van der Waals surface area (Å²) in [6.07, 6.45) is 4.49. The van der Waals surface area contributed by atoms with Crippen molar-refractivity contribution in [3.8, 4) is 0 Å². The van der Waals surface area contributed by atoms with Crippen LogP contribution in [0.1, 0.15) is 51.2 Å². The molecule has 3 heteroatoms. The lowest BCUT2D eigenvalue weighted by atomic mass is 10.1. The quantitative estimate of drug-likeness (QED) is 0.701. The smallest absolute Gasteiger partial charge is 0.0914 e. The molecule has 0 radical (unpaired) electrons. The van der Waals surface area contributed by atoms with Crippen molar-refractivity contribution in [1.82, 2.24) is 5.32 Å². The standard InChI is InChI=1S/C15H24ClNO/c1-3-4-5-6-12(2)17-11-15(18)13-7-9-14(16)10-8-13/h7-10,12,15,17-18H,3-6,11H2,1-2H3. The first-order valence-corrected chi connectivity index (χ1v) is 7.18. The van der Waals surface area contributed by atoms with Crippen molar-refractivity contribution >= 4 is 11.6 Å². The largest absolute Gasteiger partial charge is 0.387 e. The topological polar surface area (TPSA) is 32.3 Å². The summed E-state index contributed by atoms with van der Waals surface area (Å²) in [5.74, 6) is 0. The Bertz CT molecular complexity index is 326. The Morgan fingerprint density at radius 2 is 1.89 bits per heavy atom. The Balaban J connectivity index is 2.27. The molecule has 2 unspecified atom stereocenters. The minimum atomic E-state index is -0.462. The Hall–Kier alpha value is -0.570. The molecule has 0 aliphatic rings. The molecule has 0 fully saturated rings. The summed E-state index contributed by atoms with van der Waals surface area (Å²) in [6, 6.07) is 7.82. The van der Waals surface area contributed by atoms with Crippen LogP contribution < -0.4 is 5.32 Å². The molecule has 102 valence electrons. The first-order chi connectivity index (χ1) is 8.63. The minimum Gasteiger partial charge on any atom is -0.387 e. The van der Waals surface area contributed by atoms with E-state index in [4.69, 9.17) is 11.6 Å². The van der Waals surface area contributed by atoms with Gasteiger partial charge in [0.1, 0.15) is 0 Å². The van der Waals surface area contributed by atoms with Crippen LogP contribution in [-0.4, -0.2) is 17.7 Å². The predicted molar refractivity (Wildman–Crippen MR) is 78.0 cm³/mol. The minimum absolute atomic E-state index is 0.457. The van der Waals surface area contributed by atoms with Gasteiger partial charge >= 0.3 is 0 Å². The Morgan fingerprint density at radius 3 is 2.50 bits per heavy atom. The summed E-state index contributed by atoms with van der Waals surface area (Å²) in [5, 5.41) is 14.1. The molecule has 2 nitrogen and oxygen atoms in total. The number of nitrogens with one attached hydrogen (secondary N) is 1. The molecule has 0 bridgehead atoms. The van der Waals surface area contributed by atoms with Crippen LogP contribution in [0.2, 0.25) is 5.02 Å². The Kier molecular flexibility index (Phi) is 7.33. The molecule has 2 atom stereocenters. The molecule has 1 rings (SSSR count). The van der Waals surface area contributed by atoms with Crippen molar-refractivity contribution in [3.63, 3.8) is 0 Å². The third kappa shape index (κ3) is 5.85. The number of aliphatic hydroxyl groups excluding tert-OH is 1. The number of benzene rings is 1. The van der Waals surface area contributed by atoms with Gasteiger partial charge in [-0.1, -0.05) is 49.9 Å². The number of aliphatic hydroxyl groups is 1. The van der Waals surface area contributed by atoms with E-state index in [2.05, 4.69) is 19.2 Å². The van der Waals surface area contributed by atoms with E-state index >= 15 is 0 Å². The van der Waals surface area contributed by atoms with Gasteiger partial charge in [-0.3, -0.25) is 0 Å². The van der Waals surface area contributed by atoms with Crippen molar-refractivity contribution in [3.05, 3.63) is 34.9 Å². The van der Waals surface area contributed by atoms with Crippen LogP contribution in [0.15, 0.2) is 24.3 Å². The number of unbranched alkanes of at least 4 members (excludes halogenated alkanes) is 2. The highest BCUT2D eigenvalue weighted by atomic mass is 35.5. The third-order valence-electron chi connectivity index (χ3n) is 3.16. The molecule has 1 aromatic carbocycles. The van der Waals surface area contributed by atoms with E-state index < -0.39 is 6.10 Å². The maximum Gasteiger partial charge on any atom is 0.0914 e. The van der Waals surface area contributed by atoms with Crippen molar-refractivity contribution in [2.75, 3.05) is 6.54 Å². The van der Waals surface area contributed by atoms with Gasteiger partial charge in [0.25, 0.3) is 0 Å². The van der Waals surface area contributed by atoms with E-state index in [9.17, 15) is 5.11 Å². The van der Waals surface area contributed by atoms with E-state index in [1.54, 1.807) is 0 Å². The van der Waals surface area contributed by atoms with Gasteiger partial charge in [-0.05, 0) is 31.0 Å². The molecule has 0 amide bonds. The van der Waals surface area contributed by atoms with Crippen LogP contribution in [0.4, 0.5) is 0 Å². The molecule has 0 spiro atoms. The van der Waals surface area contributed by atoms with Crippen molar-refractivity contribution in [1.29, 1.82) is 0 Å². The lowest BCUT2D eigenvalue weighted by Crippen LogP contribution is -2.30. The lowest BCUT2D eigenvalue weighted by Gasteiger charge is -2.17. The second-order valence-corrected chi connectivity index (χ2v) is 5.31. The SMILES string of the molecule is CCCCCC(C)NCC(O)c1ccc(Cl)cc1. The van der Waals surface area contributed by atoms with Crippen molar-refractivity contribution < 1.29 is 5.11 Å². The fourth-order valence-electron chi connectivity index (χ4n) is 1.92. The molecule has 18 heavy (non-hydrogen) atoms. The summed E-state index contributed by atoms with van der Waals surface area (Å²) in [4.78, 5) is 0. The first-order valence-electron chi connectivity index (χ1n) is 6.80. The average molecular weight is 270 g/mol. The molecule has 0 saturated carbocycles. The van der Waals surface area contributed by atoms with Gasteiger partial charge in [-0.2, -0.15) is 0 Å².